The van der Waals surface area contributed by atoms with E-state index < -0.39 is 5.95 Å². The van der Waals surface area contributed by atoms with E-state index in [1.807, 2.05) is 12.1 Å². The average Bonchev–Trinajstić information content (AvgIpc) is 3.20. The second-order valence-corrected chi connectivity index (χ2v) is 9.44. The minimum absolute atomic E-state index is 0.104. The molecule has 1 unspecified atom stereocenters. The fourth-order valence-electron chi connectivity index (χ4n) is 5.24. The van der Waals surface area contributed by atoms with Crippen LogP contribution in [0.4, 0.5) is 10.2 Å². The van der Waals surface area contributed by atoms with Crippen LogP contribution in [-0.4, -0.2) is 39.7 Å². The van der Waals surface area contributed by atoms with Gasteiger partial charge < -0.3 is 15.3 Å². The molecular formula is C24H17ClFN9O. The highest BCUT2D eigenvalue weighted by atomic mass is 35.5. The van der Waals surface area contributed by atoms with Gasteiger partial charge in [-0.15, -0.1) is 5.10 Å². The first-order valence-electron chi connectivity index (χ1n) is 11.2. The van der Waals surface area contributed by atoms with Crippen molar-refractivity contribution in [3.63, 3.8) is 0 Å². The number of benzene rings is 1. The number of H-pyrrole nitrogens is 1. The number of aromatic amines is 1. The molecule has 36 heavy (non-hydrogen) atoms. The molecule has 178 valence electrons. The molecule has 0 radical (unpaired) electrons. The number of halogens is 2. The Balaban J connectivity index is 1.31. The van der Waals surface area contributed by atoms with Crippen LogP contribution in [-0.2, 0) is 0 Å². The first kappa shape index (κ1) is 20.9. The lowest BCUT2D eigenvalue weighted by molar-refractivity contribution is 0.514. The Bertz CT molecular complexity index is 1710. The van der Waals surface area contributed by atoms with E-state index in [2.05, 4.69) is 30.5 Å². The molecule has 5 aromatic rings. The summed E-state index contributed by atoms with van der Waals surface area (Å²) in [6.07, 6.45) is 4.00. The summed E-state index contributed by atoms with van der Waals surface area (Å²) in [7, 11) is 0. The van der Waals surface area contributed by atoms with Crippen LogP contribution in [0.25, 0.3) is 28.1 Å². The summed E-state index contributed by atoms with van der Waals surface area (Å²) in [5.74, 6) is 0.510. The van der Waals surface area contributed by atoms with E-state index in [1.54, 1.807) is 35.0 Å². The summed E-state index contributed by atoms with van der Waals surface area (Å²) in [6.45, 7) is 0. The molecule has 12 heteroatoms. The van der Waals surface area contributed by atoms with Gasteiger partial charge in [-0.1, -0.05) is 11.6 Å². The molecule has 1 aliphatic carbocycles. The monoisotopic (exact) mass is 501 g/mol. The lowest BCUT2D eigenvalue weighted by atomic mass is 10.0. The molecule has 2 aliphatic rings. The van der Waals surface area contributed by atoms with Crippen molar-refractivity contribution in [2.75, 3.05) is 5.73 Å². The quantitative estimate of drug-likeness (QED) is 0.361. The number of rotatable bonds is 4. The van der Waals surface area contributed by atoms with Gasteiger partial charge in [-0.05, 0) is 64.7 Å². The number of nitrogen functional groups attached to an aromatic ring is 1. The summed E-state index contributed by atoms with van der Waals surface area (Å²) in [4.78, 5) is 24.9. The van der Waals surface area contributed by atoms with Crippen LogP contribution in [0.5, 0.6) is 0 Å². The molecule has 1 aromatic carbocycles. The molecule has 1 fully saturated rings. The molecule has 4 aromatic heterocycles. The maximum Gasteiger partial charge on any atom is 0.252 e. The molecule has 7 rings (SSSR count). The minimum atomic E-state index is -0.678. The molecular weight excluding hydrogens is 485 g/mol. The highest BCUT2D eigenvalue weighted by Crippen LogP contribution is 2.60. The number of pyridine rings is 2. The number of nitrogens with two attached hydrogens (primary N) is 1. The first-order chi connectivity index (χ1) is 17.5. The predicted molar refractivity (Wildman–Crippen MR) is 129 cm³/mol. The fourth-order valence-corrected chi connectivity index (χ4v) is 5.42. The van der Waals surface area contributed by atoms with Gasteiger partial charge in [0.2, 0.25) is 5.95 Å². The second-order valence-electron chi connectivity index (χ2n) is 9.00. The largest absolute Gasteiger partial charge is 0.384 e. The third-order valence-electron chi connectivity index (χ3n) is 6.90. The third kappa shape index (κ3) is 3.16. The Morgan fingerprint density at radius 1 is 1.14 bits per heavy atom. The van der Waals surface area contributed by atoms with Crippen molar-refractivity contribution in [1.82, 2.24) is 39.7 Å². The number of hydrogen-bond acceptors (Lipinski definition) is 7. The van der Waals surface area contributed by atoms with Crippen LogP contribution in [0, 0.1) is 11.9 Å². The minimum Gasteiger partial charge on any atom is -0.384 e. The molecule has 3 atom stereocenters. The molecule has 0 spiro atoms. The Hall–Kier alpha value is -4.38. The number of hydrogen-bond donors (Lipinski definition) is 2. The van der Waals surface area contributed by atoms with Crippen molar-refractivity contribution in [1.29, 1.82) is 0 Å². The van der Waals surface area contributed by atoms with Gasteiger partial charge in [0.15, 0.2) is 0 Å². The maximum atomic E-state index is 14.4. The van der Waals surface area contributed by atoms with E-state index in [1.165, 1.54) is 17.1 Å². The van der Waals surface area contributed by atoms with E-state index in [0.29, 0.717) is 22.2 Å². The van der Waals surface area contributed by atoms with E-state index in [4.69, 9.17) is 17.3 Å². The Kier molecular flexibility index (Phi) is 4.40. The van der Waals surface area contributed by atoms with Crippen LogP contribution in [0.1, 0.15) is 29.9 Å². The molecule has 5 heterocycles. The smallest absolute Gasteiger partial charge is 0.252 e. The summed E-state index contributed by atoms with van der Waals surface area (Å²) < 4.78 is 17.7. The molecule has 0 bridgehead atoms. The summed E-state index contributed by atoms with van der Waals surface area (Å²) in [5.41, 5.74) is 9.31. The van der Waals surface area contributed by atoms with Gasteiger partial charge in [-0.25, -0.2) is 9.97 Å². The van der Waals surface area contributed by atoms with E-state index in [0.717, 1.165) is 23.2 Å². The van der Waals surface area contributed by atoms with Crippen molar-refractivity contribution in [3.05, 3.63) is 87.8 Å². The van der Waals surface area contributed by atoms with E-state index in [-0.39, 0.29) is 34.8 Å². The van der Waals surface area contributed by atoms with E-state index in [9.17, 15) is 9.18 Å². The zero-order valence-corrected chi connectivity index (χ0v) is 19.3. The number of aromatic nitrogens is 8. The van der Waals surface area contributed by atoms with Gasteiger partial charge in [-0.3, -0.25) is 4.79 Å². The third-order valence-corrected chi connectivity index (χ3v) is 7.14. The van der Waals surface area contributed by atoms with Crippen LogP contribution in [0.3, 0.4) is 0 Å². The Labute approximate surface area is 207 Å². The van der Waals surface area contributed by atoms with Gasteiger partial charge in [0, 0.05) is 28.3 Å². The van der Waals surface area contributed by atoms with Crippen molar-refractivity contribution >= 4 is 17.4 Å². The number of tetrazole rings is 1. The van der Waals surface area contributed by atoms with E-state index >= 15 is 0 Å². The molecule has 1 aliphatic heterocycles. The van der Waals surface area contributed by atoms with Crippen LogP contribution < -0.4 is 11.3 Å². The molecule has 0 amide bonds. The Morgan fingerprint density at radius 3 is 2.83 bits per heavy atom. The van der Waals surface area contributed by atoms with Crippen LogP contribution in [0.2, 0.25) is 5.02 Å². The lowest BCUT2D eigenvalue weighted by Gasteiger charge is -2.18. The number of nitrogens with zero attached hydrogens (tertiary/aromatic N) is 7. The van der Waals surface area contributed by atoms with Crippen molar-refractivity contribution in [2.24, 2.45) is 5.92 Å². The summed E-state index contributed by atoms with van der Waals surface area (Å²) in [5, 5.41) is 12.0. The zero-order chi connectivity index (χ0) is 24.6. The summed E-state index contributed by atoms with van der Waals surface area (Å²) in [6, 6.07) is 11.8. The lowest BCUT2D eigenvalue weighted by Crippen LogP contribution is -2.26. The van der Waals surface area contributed by atoms with Crippen molar-refractivity contribution < 1.29 is 4.39 Å². The number of nitrogens with one attached hydrogen (secondary N) is 1. The Morgan fingerprint density at radius 2 is 2.03 bits per heavy atom. The zero-order valence-electron chi connectivity index (χ0n) is 18.5. The van der Waals surface area contributed by atoms with Gasteiger partial charge in [0.25, 0.3) is 5.56 Å². The SMILES string of the molecule is Nc1ccc(-c2cnc([C@@H]3[C@H]4CC4c4cc(-c5cc(Cl)ccc5-n5cnnn5)cc(=O)n43)[nH]2)c(F)n1. The van der Waals surface area contributed by atoms with Gasteiger partial charge in [-0.2, -0.15) is 9.07 Å². The number of fused-ring (bicyclic) bond motifs is 3. The summed E-state index contributed by atoms with van der Waals surface area (Å²) >= 11 is 6.30. The molecule has 1 saturated carbocycles. The topological polar surface area (TPSA) is 133 Å². The standard InChI is InChI=1S/C24H17ClFN9O/c25-12-1-3-18(34-10-29-32-33-34)14(7-12)11-5-19-15-8-16(15)22(35(19)21(36)6-11)24-28-9-17(30-24)13-2-4-20(27)31-23(13)26/h1-7,9-10,15-16,22H,8H2,(H2,27,31)(H,28,30)/t15?,16-,22-/m0/s1. The van der Waals surface area contributed by atoms with Crippen LogP contribution >= 0.6 is 11.6 Å². The number of imidazole rings is 1. The highest BCUT2D eigenvalue weighted by molar-refractivity contribution is 6.31. The number of anilines is 1. The first-order valence-corrected chi connectivity index (χ1v) is 11.6. The van der Waals surface area contributed by atoms with Crippen molar-refractivity contribution in [3.8, 4) is 28.1 Å². The van der Waals surface area contributed by atoms with Gasteiger partial charge >= 0.3 is 0 Å². The predicted octanol–water partition coefficient (Wildman–Crippen LogP) is 3.36. The van der Waals surface area contributed by atoms with Crippen molar-refractivity contribution in [2.45, 2.75) is 18.4 Å². The second kappa shape index (κ2) is 7.56. The maximum absolute atomic E-state index is 14.4. The normalized spacial score (nSPS) is 19.8. The fraction of sp³-hybridized carbons (Fsp3) is 0.167. The molecule has 0 saturated heterocycles. The van der Waals surface area contributed by atoms with Gasteiger partial charge in [0.05, 0.1) is 29.2 Å². The molecule has 3 N–H and O–H groups in total. The average molecular weight is 502 g/mol. The van der Waals surface area contributed by atoms with Gasteiger partial charge in [0.1, 0.15) is 18.0 Å². The highest BCUT2D eigenvalue weighted by Gasteiger charge is 2.54. The van der Waals surface area contributed by atoms with Crippen LogP contribution in [0.15, 0.2) is 59.8 Å². The molecule has 10 nitrogen and oxygen atoms in total.